The van der Waals surface area contributed by atoms with Gasteiger partial charge in [-0.1, -0.05) is 6.92 Å². The van der Waals surface area contributed by atoms with Gasteiger partial charge in [0, 0.05) is 31.1 Å². The van der Waals surface area contributed by atoms with Crippen molar-refractivity contribution < 1.29 is 4.79 Å². The Morgan fingerprint density at radius 2 is 2.08 bits per heavy atom. The SMILES string of the molecule is CCN1CCN(C(=O)c2nc3c4c5c(sc4ncn3n2)CCC5)CC1. The minimum absolute atomic E-state index is 0.0699. The van der Waals surface area contributed by atoms with Crippen LogP contribution in [0.1, 0.15) is 34.4 Å². The molecule has 1 aliphatic heterocycles. The zero-order valence-electron chi connectivity index (χ0n) is 14.2. The van der Waals surface area contributed by atoms with E-state index in [4.69, 9.17) is 0 Å². The molecule has 5 rings (SSSR count). The molecule has 3 aromatic heterocycles. The van der Waals surface area contributed by atoms with Crippen LogP contribution in [-0.4, -0.2) is 68.0 Å². The molecule has 1 aliphatic carbocycles. The third-order valence-corrected chi connectivity index (χ3v) is 6.54. The predicted molar refractivity (Wildman–Crippen MR) is 96.2 cm³/mol. The van der Waals surface area contributed by atoms with Gasteiger partial charge in [0.15, 0.2) is 5.65 Å². The van der Waals surface area contributed by atoms with Gasteiger partial charge in [0.2, 0.25) is 5.82 Å². The van der Waals surface area contributed by atoms with Crippen molar-refractivity contribution in [2.75, 3.05) is 32.7 Å². The van der Waals surface area contributed by atoms with Crippen LogP contribution in [-0.2, 0) is 12.8 Å². The molecule has 0 unspecified atom stereocenters. The monoisotopic (exact) mass is 356 g/mol. The lowest BCUT2D eigenvalue weighted by atomic mass is 10.2. The number of hydrogen-bond donors (Lipinski definition) is 0. The Morgan fingerprint density at radius 1 is 1.24 bits per heavy atom. The highest BCUT2D eigenvalue weighted by atomic mass is 32.1. The zero-order valence-corrected chi connectivity index (χ0v) is 15.1. The van der Waals surface area contributed by atoms with Crippen molar-refractivity contribution in [1.82, 2.24) is 29.4 Å². The van der Waals surface area contributed by atoms with Gasteiger partial charge >= 0.3 is 0 Å². The normalized spacial score (nSPS) is 18.4. The van der Waals surface area contributed by atoms with Crippen molar-refractivity contribution in [2.45, 2.75) is 26.2 Å². The summed E-state index contributed by atoms with van der Waals surface area (Å²) in [4.78, 5) is 28.6. The van der Waals surface area contributed by atoms with Crippen LogP contribution >= 0.6 is 11.3 Å². The number of likely N-dealkylation sites (N-methyl/N-ethyl adjacent to an activating group) is 1. The van der Waals surface area contributed by atoms with Gasteiger partial charge in [-0.3, -0.25) is 4.79 Å². The molecule has 0 N–H and O–H groups in total. The molecule has 0 radical (unpaired) electrons. The van der Waals surface area contributed by atoms with Gasteiger partial charge < -0.3 is 9.80 Å². The van der Waals surface area contributed by atoms with Gasteiger partial charge in [0.25, 0.3) is 5.91 Å². The van der Waals surface area contributed by atoms with Crippen LogP contribution < -0.4 is 0 Å². The Bertz CT molecular complexity index is 968. The van der Waals surface area contributed by atoms with Crippen LogP contribution in [0.5, 0.6) is 0 Å². The van der Waals surface area contributed by atoms with Crippen molar-refractivity contribution in [3.8, 4) is 0 Å². The standard InChI is InChI=1S/C17H20N6OS/c1-2-21-6-8-22(9-7-21)17(24)14-19-15-13-11-4-3-5-12(11)25-16(13)18-10-23(15)20-14/h10H,2-9H2,1H3. The summed E-state index contributed by atoms with van der Waals surface area (Å²) in [5.41, 5.74) is 2.14. The van der Waals surface area contributed by atoms with Gasteiger partial charge in [-0.05, 0) is 31.4 Å². The highest BCUT2D eigenvalue weighted by molar-refractivity contribution is 7.19. The number of piperazine rings is 1. The number of hydrogen-bond acceptors (Lipinski definition) is 6. The van der Waals surface area contributed by atoms with Crippen molar-refractivity contribution in [1.29, 1.82) is 0 Å². The van der Waals surface area contributed by atoms with E-state index in [9.17, 15) is 4.79 Å². The van der Waals surface area contributed by atoms with E-state index < -0.39 is 0 Å². The molecule has 3 aromatic rings. The van der Waals surface area contributed by atoms with Gasteiger partial charge in [-0.15, -0.1) is 16.4 Å². The Hall–Kier alpha value is -2.06. The fourth-order valence-corrected chi connectivity index (χ4v) is 5.12. The second kappa shape index (κ2) is 5.74. The first-order valence-electron chi connectivity index (χ1n) is 8.92. The second-order valence-corrected chi connectivity index (χ2v) is 7.80. The molecule has 1 amide bonds. The lowest BCUT2D eigenvalue weighted by Crippen LogP contribution is -2.48. The van der Waals surface area contributed by atoms with Crippen LogP contribution in [0.3, 0.4) is 0 Å². The summed E-state index contributed by atoms with van der Waals surface area (Å²) in [6.45, 7) is 6.49. The molecule has 1 fully saturated rings. The third kappa shape index (κ3) is 2.35. The van der Waals surface area contributed by atoms with E-state index >= 15 is 0 Å². The summed E-state index contributed by atoms with van der Waals surface area (Å²) in [7, 11) is 0. The van der Waals surface area contributed by atoms with Crippen LogP contribution in [0.2, 0.25) is 0 Å². The Balaban J connectivity index is 1.52. The number of carbonyl (C=O) groups excluding carboxylic acids is 1. The average Bonchev–Trinajstić information content (AvgIpc) is 3.33. The van der Waals surface area contributed by atoms with Gasteiger partial charge in [0.05, 0.1) is 5.39 Å². The summed E-state index contributed by atoms with van der Waals surface area (Å²) in [6.07, 6.45) is 5.08. The summed E-state index contributed by atoms with van der Waals surface area (Å²) in [5, 5.41) is 5.52. The van der Waals surface area contributed by atoms with Crippen molar-refractivity contribution in [3.05, 3.63) is 22.6 Å². The molecule has 1 saturated heterocycles. The minimum atomic E-state index is -0.0699. The Labute approximate surface area is 149 Å². The lowest BCUT2D eigenvalue weighted by Gasteiger charge is -2.33. The van der Waals surface area contributed by atoms with E-state index in [0.717, 1.165) is 61.4 Å². The smallest absolute Gasteiger partial charge is 0.293 e. The molecule has 130 valence electrons. The molecule has 8 heteroatoms. The Kier molecular flexibility index (Phi) is 3.49. The van der Waals surface area contributed by atoms with E-state index in [1.807, 2.05) is 4.90 Å². The molecule has 4 heterocycles. The number of aryl methyl sites for hydroxylation is 2. The van der Waals surface area contributed by atoms with Gasteiger partial charge in [0.1, 0.15) is 11.2 Å². The highest BCUT2D eigenvalue weighted by Crippen LogP contribution is 2.37. The number of thiophene rings is 1. The number of rotatable bonds is 2. The van der Waals surface area contributed by atoms with Gasteiger partial charge in [-0.2, -0.15) is 0 Å². The number of nitrogens with zero attached hydrogens (tertiary/aromatic N) is 6. The predicted octanol–water partition coefficient (Wildman–Crippen LogP) is 1.61. The third-order valence-electron chi connectivity index (χ3n) is 5.34. The maximum atomic E-state index is 12.8. The first-order chi connectivity index (χ1) is 12.2. The fourth-order valence-electron chi connectivity index (χ4n) is 3.89. The summed E-state index contributed by atoms with van der Waals surface area (Å²) in [5.74, 6) is 0.219. The number of aromatic nitrogens is 4. The topological polar surface area (TPSA) is 66.6 Å². The number of amides is 1. The van der Waals surface area contributed by atoms with Crippen LogP contribution in [0.15, 0.2) is 6.33 Å². The molecule has 25 heavy (non-hydrogen) atoms. The maximum absolute atomic E-state index is 12.8. The molecule has 2 aliphatic rings. The lowest BCUT2D eigenvalue weighted by molar-refractivity contribution is 0.0631. The summed E-state index contributed by atoms with van der Waals surface area (Å²) in [6, 6.07) is 0. The van der Waals surface area contributed by atoms with Crippen LogP contribution in [0.25, 0.3) is 15.9 Å². The summed E-state index contributed by atoms with van der Waals surface area (Å²) >= 11 is 1.76. The quantitative estimate of drug-likeness (QED) is 0.698. The summed E-state index contributed by atoms with van der Waals surface area (Å²) < 4.78 is 1.67. The van der Waals surface area contributed by atoms with Crippen molar-refractivity contribution in [2.24, 2.45) is 0 Å². The van der Waals surface area contributed by atoms with E-state index in [1.54, 1.807) is 22.2 Å². The molecule has 0 aromatic carbocycles. The zero-order chi connectivity index (χ0) is 17.0. The molecule has 0 saturated carbocycles. The molecule has 0 spiro atoms. The largest absolute Gasteiger partial charge is 0.333 e. The van der Waals surface area contributed by atoms with Crippen LogP contribution in [0.4, 0.5) is 0 Å². The van der Waals surface area contributed by atoms with E-state index in [1.165, 1.54) is 16.9 Å². The van der Waals surface area contributed by atoms with E-state index in [2.05, 4.69) is 26.9 Å². The second-order valence-electron chi connectivity index (χ2n) is 6.71. The molecule has 0 bridgehead atoms. The van der Waals surface area contributed by atoms with Crippen molar-refractivity contribution in [3.63, 3.8) is 0 Å². The molecular formula is C17H20N6OS. The highest BCUT2D eigenvalue weighted by Gasteiger charge is 2.26. The average molecular weight is 356 g/mol. The minimum Gasteiger partial charge on any atom is -0.333 e. The fraction of sp³-hybridized carbons (Fsp3) is 0.529. The Morgan fingerprint density at radius 3 is 2.88 bits per heavy atom. The molecular weight excluding hydrogens is 336 g/mol. The molecule has 7 nitrogen and oxygen atoms in total. The maximum Gasteiger partial charge on any atom is 0.293 e. The van der Waals surface area contributed by atoms with Crippen LogP contribution in [0, 0.1) is 0 Å². The van der Waals surface area contributed by atoms with Crippen molar-refractivity contribution >= 4 is 33.1 Å². The first-order valence-corrected chi connectivity index (χ1v) is 9.73. The number of carbonyl (C=O) groups is 1. The molecule has 0 atom stereocenters. The van der Waals surface area contributed by atoms with E-state index in [0.29, 0.717) is 0 Å². The number of fused-ring (bicyclic) bond motifs is 5. The first kappa shape index (κ1) is 15.2. The van der Waals surface area contributed by atoms with Gasteiger partial charge in [-0.25, -0.2) is 14.5 Å². The van der Waals surface area contributed by atoms with E-state index in [-0.39, 0.29) is 11.7 Å².